The molecule has 33 heavy (non-hydrogen) atoms. The first-order valence-electron chi connectivity index (χ1n) is 10.7. The maximum absolute atomic E-state index is 14.4. The van der Waals surface area contributed by atoms with Crippen molar-refractivity contribution in [1.29, 1.82) is 0 Å². The van der Waals surface area contributed by atoms with E-state index in [9.17, 15) is 12.8 Å². The van der Waals surface area contributed by atoms with E-state index < -0.39 is 15.7 Å². The van der Waals surface area contributed by atoms with Gasteiger partial charge in [0.05, 0.1) is 11.1 Å². The zero-order valence-corrected chi connectivity index (χ0v) is 19.3. The van der Waals surface area contributed by atoms with Crippen LogP contribution in [-0.2, 0) is 9.84 Å². The second kappa shape index (κ2) is 8.24. The quantitative estimate of drug-likeness (QED) is 0.460. The van der Waals surface area contributed by atoms with E-state index in [1.165, 1.54) is 28.9 Å². The van der Waals surface area contributed by atoms with Crippen LogP contribution in [0.1, 0.15) is 0 Å². The highest BCUT2D eigenvalue weighted by molar-refractivity contribution is 7.90. The molecule has 0 unspecified atom stereocenters. The van der Waals surface area contributed by atoms with E-state index in [2.05, 4.69) is 34.1 Å². The van der Waals surface area contributed by atoms with Gasteiger partial charge in [-0.2, -0.15) is 0 Å². The summed E-state index contributed by atoms with van der Waals surface area (Å²) in [5.74, 6) is 0.0536. The number of benzene rings is 2. The number of fused-ring (bicyclic) bond motifs is 1. The number of likely N-dealkylation sites (N-methyl/N-ethyl adjacent to an activating group) is 1. The van der Waals surface area contributed by atoms with Crippen LogP contribution < -0.4 is 4.90 Å². The summed E-state index contributed by atoms with van der Waals surface area (Å²) in [5, 5.41) is 4.53. The van der Waals surface area contributed by atoms with Crippen molar-refractivity contribution in [3.05, 3.63) is 66.6 Å². The molecule has 1 aliphatic heterocycles. The van der Waals surface area contributed by atoms with Crippen LogP contribution in [0.5, 0.6) is 0 Å². The average Bonchev–Trinajstić information content (AvgIpc) is 3.23. The topological polar surface area (TPSA) is 70.8 Å². The number of rotatable bonds is 4. The minimum Gasteiger partial charge on any atom is -0.369 e. The molecule has 170 valence electrons. The predicted molar refractivity (Wildman–Crippen MR) is 127 cm³/mol. The zero-order valence-electron chi connectivity index (χ0n) is 18.4. The van der Waals surface area contributed by atoms with Crippen LogP contribution in [0.2, 0.25) is 0 Å². The van der Waals surface area contributed by atoms with Crippen LogP contribution in [0, 0.1) is 5.82 Å². The van der Waals surface area contributed by atoms with E-state index in [0.29, 0.717) is 22.6 Å². The van der Waals surface area contributed by atoms with Gasteiger partial charge in [0.25, 0.3) is 0 Å². The molecule has 3 heterocycles. The summed E-state index contributed by atoms with van der Waals surface area (Å²) in [4.78, 5) is 9.57. The lowest BCUT2D eigenvalue weighted by atomic mass is 10.1. The van der Waals surface area contributed by atoms with E-state index in [4.69, 9.17) is 4.98 Å². The molecular weight excluding hydrogens is 441 g/mol. The molecule has 7 nitrogen and oxygen atoms in total. The van der Waals surface area contributed by atoms with Crippen LogP contribution in [0.4, 0.5) is 10.1 Å². The number of piperazine rings is 1. The second-order valence-corrected chi connectivity index (χ2v) is 10.4. The number of sulfone groups is 1. The third-order valence-electron chi connectivity index (χ3n) is 5.97. The standard InChI is InChI=1S/C24H24FN5O2S/c1-28-10-12-29(13-11-28)20-5-3-4-18(14-20)23-26-24-22(15-19(25)16-30(24)27-23)17-6-8-21(9-7-17)33(2,31)32/h3-9,14-16H,10-13H2,1-2H3. The first kappa shape index (κ1) is 21.5. The summed E-state index contributed by atoms with van der Waals surface area (Å²) < 4.78 is 39.4. The molecule has 0 saturated carbocycles. The van der Waals surface area contributed by atoms with E-state index in [1.54, 1.807) is 12.1 Å². The molecule has 0 N–H and O–H groups in total. The number of anilines is 1. The molecule has 0 aliphatic carbocycles. The lowest BCUT2D eigenvalue weighted by Crippen LogP contribution is -2.44. The van der Waals surface area contributed by atoms with Crippen LogP contribution in [-0.4, -0.2) is 67.4 Å². The van der Waals surface area contributed by atoms with Gasteiger partial charge in [0.1, 0.15) is 5.82 Å². The third kappa shape index (κ3) is 4.34. The number of hydrogen-bond acceptors (Lipinski definition) is 6. The summed E-state index contributed by atoms with van der Waals surface area (Å²) >= 11 is 0. The summed E-state index contributed by atoms with van der Waals surface area (Å²) in [6.45, 7) is 3.93. The smallest absolute Gasteiger partial charge is 0.182 e. The summed E-state index contributed by atoms with van der Waals surface area (Å²) in [6.07, 6.45) is 2.45. The first-order valence-corrected chi connectivity index (χ1v) is 12.6. The van der Waals surface area contributed by atoms with Gasteiger partial charge in [0.15, 0.2) is 21.3 Å². The molecule has 0 atom stereocenters. The maximum atomic E-state index is 14.4. The van der Waals surface area contributed by atoms with Crippen molar-refractivity contribution in [3.8, 4) is 22.5 Å². The Morgan fingerprint density at radius 3 is 2.36 bits per heavy atom. The van der Waals surface area contributed by atoms with E-state index in [1.807, 2.05) is 12.1 Å². The fourth-order valence-corrected chi connectivity index (χ4v) is 4.71. The lowest BCUT2D eigenvalue weighted by Gasteiger charge is -2.34. The van der Waals surface area contributed by atoms with Crippen LogP contribution in [0.15, 0.2) is 65.7 Å². The van der Waals surface area contributed by atoms with Crippen LogP contribution in [0.25, 0.3) is 28.2 Å². The maximum Gasteiger partial charge on any atom is 0.182 e. The molecule has 1 fully saturated rings. The van der Waals surface area contributed by atoms with Gasteiger partial charge in [0.2, 0.25) is 0 Å². The summed E-state index contributed by atoms with van der Waals surface area (Å²) in [6, 6.07) is 15.8. The molecule has 1 saturated heterocycles. The van der Waals surface area contributed by atoms with Crippen LogP contribution >= 0.6 is 0 Å². The Hall–Kier alpha value is -3.30. The van der Waals surface area contributed by atoms with Gasteiger partial charge in [-0.05, 0) is 42.9 Å². The summed E-state index contributed by atoms with van der Waals surface area (Å²) in [5.41, 5.74) is 3.68. The molecule has 2 aromatic heterocycles. The molecular formula is C24H24FN5O2S. The van der Waals surface area contributed by atoms with Gasteiger partial charge in [-0.3, -0.25) is 0 Å². The SMILES string of the molecule is CN1CCN(c2cccc(-c3nc4c(-c5ccc(S(C)(=O)=O)cc5)cc(F)cn4n3)c2)CC1. The normalized spacial score (nSPS) is 15.3. The van der Waals surface area contributed by atoms with Gasteiger partial charge >= 0.3 is 0 Å². The molecule has 2 aromatic carbocycles. The average molecular weight is 466 g/mol. The Kier molecular flexibility index (Phi) is 5.38. The van der Waals surface area contributed by atoms with Gasteiger partial charge in [-0.15, -0.1) is 5.10 Å². The Balaban J connectivity index is 1.54. The second-order valence-electron chi connectivity index (χ2n) is 8.41. The molecule has 0 spiro atoms. The molecule has 9 heteroatoms. The molecule has 0 amide bonds. The highest BCUT2D eigenvalue weighted by atomic mass is 32.2. The number of nitrogens with zero attached hydrogens (tertiary/aromatic N) is 5. The minimum absolute atomic E-state index is 0.210. The molecule has 0 bridgehead atoms. The fraction of sp³-hybridized carbons (Fsp3) is 0.250. The van der Waals surface area contributed by atoms with E-state index in [-0.39, 0.29) is 4.90 Å². The molecule has 4 aromatic rings. The predicted octanol–water partition coefficient (Wildman–Crippen LogP) is 3.36. The Labute approximate surface area is 192 Å². The van der Waals surface area contributed by atoms with Gasteiger partial charge in [-0.25, -0.2) is 22.3 Å². The molecule has 0 radical (unpaired) electrons. The number of aromatic nitrogens is 3. The lowest BCUT2D eigenvalue weighted by molar-refractivity contribution is 0.313. The highest BCUT2D eigenvalue weighted by Gasteiger charge is 2.17. The highest BCUT2D eigenvalue weighted by Crippen LogP contribution is 2.29. The molecule has 1 aliphatic rings. The van der Waals surface area contributed by atoms with Crippen molar-refractivity contribution in [2.24, 2.45) is 0 Å². The number of hydrogen-bond donors (Lipinski definition) is 0. The number of halogens is 1. The van der Waals surface area contributed by atoms with E-state index >= 15 is 0 Å². The van der Waals surface area contributed by atoms with Crippen molar-refractivity contribution in [1.82, 2.24) is 19.5 Å². The van der Waals surface area contributed by atoms with Crippen molar-refractivity contribution in [3.63, 3.8) is 0 Å². The van der Waals surface area contributed by atoms with Crippen LogP contribution in [0.3, 0.4) is 0 Å². The van der Waals surface area contributed by atoms with Crippen molar-refractivity contribution in [2.45, 2.75) is 4.90 Å². The number of pyridine rings is 1. The minimum atomic E-state index is -3.31. The molecule has 5 rings (SSSR count). The van der Waals surface area contributed by atoms with Crippen molar-refractivity contribution >= 4 is 21.2 Å². The fourth-order valence-electron chi connectivity index (χ4n) is 4.08. The van der Waals surface area contributed by atoms with Crippen molar-refractivity contribution < 1.29 is 12.8 Å². The van der Waals surface area contributed by atoms with E-state index in [0.717, 1.165) is 43.7 Å². The van der Waals surface area contributed by atoms with Gasteiger partial charge < -0.3 is 9.80 Å². The Bertz CT molecular complexity index is 1430. The Morgan fingerprint density at radius 1 is 0.939 bits per heavy atom. The zero-order chi connectivity index (χ0) is 23.2. The largest absolute Gasteiger partial charge is 0.369 e. The first-order chi connectivity index (χ1) is 15.8. The third-order valence-corrected chi connectivity index (χ3v) is 7.09. The van der Waals surface area contributed by atoms with Gasteiger partial charge in [-0.1, -0.05) is 24.3 Å². The monoisotopic (exact) mass is 465 g/mol. The summed E-state index contributed by atoms with van der Waals surface area (Å²) in [7, 11) is -1.19. The Morgan fingerprint density at radius 2 is 1.67 bits per heavy atom. The van der Waals surface area contributed by atoms with Crippen molar-refractivity contribution in [2.75, 3.05) is 44.4 Å². The van der Waals surface area contributed by atoms with Gasteiger partial charge in [0, 0.05) is 49.2 Å².